The number of hydrogen-bond donors (Lipinski definition) is 1. The van der Waals surface area contributed by atoms with Crippen molar-refractivity contribution in [3.63, 3.8) is 0 Å². The highest BCUT2D eigenvalue weighted by atomic mass is 16.5. The SMILES string of the molecule is COC(=O)CCCC(=O)N1C[C@@H]2CNC[C@@H]2[C@@H]1c1ccc(OC)cc1. The molecule has 0 bridgehead atoms. The highest BCUT2D eigenvalue weighted by molar-refractivity contribution is 5.78. The molecule has 2 aliphatic rings. The fourth-order valence-corrected chi connectivity index (χ4v) is 4.03. The Morgan fingerprint density at radius 2 is 1.92 bits per heavy atom. The molecule has 6 heteroatoms. The maximum atomic E-state index is 12.8. The largest absolute Gasteiger partial charge is 0.497 e. The third kappa shape index (κ3) is 3.79. The number of carbonyl (C=O) groups is 2. The topological polar surface area (TPSA) is 67.9 Å². The molecule has 2 saturated heterocycles. The van der Waals surface area contributed by atoms with Gasteiger partial charge in [-0.25, -0.2) is 0 Å². The van der Waals surface area contributed by atoms with Gasteiger partial charge in [-0.1, -0.05) is 12.1 Å². The summed E-state index contributed by atoms with van der Waals surface area (Å²) in [5, 5.41) is 3.45. The molecule has 0 aromatic heterocycles. The number of fused-ring (bicyclic) bond motifs is 1. The quantitative estimate of drug-likeness (QED) is 0.795. The Labute approximate surface area is 148 Å². The van der Waals surface area contributed by atoms with Crippen molar-refractivity contribution in [2.24, 2.45) is 11.8 Å². The molecule has 1 aromatic rings. The van der Waals surface area contributed by atoms with Gasteiger partial charge in [0.15, 0.2) is 0 Å². The molecule has 0 spiro atoms. The molecular weight excluding hydrogens is 320 g/mol. The fourth-order valence-electron chi connectivity index (χ4n) is 4.03. The molecule has 1 amide bonds. The van der Waals surface area contributed by atoms with Crippen molar-refractivity contribution in [3.05, 3.63) is 29.8 Å². The van der Waals surface area contributed by atoms with Crippen molar-refractivity contribution in [3.8, 4) is 5.75 Å². The summed E-state index contributed by atoms with van der Waals surface area (Å²) < 4.78 is 9.89. The predicted molar refractivity (Wildman–Crippen MR) is 93.2 cm³/mol. The van der Waals surface area contributed by atoms with Gasteiger partial charge >= 0.3 is 5.97 Å². The van der Waals surface area contributed by atoms with E-state index in [2.05, 4.69) is 22.2 Å². The Hall–Kier alpha value is -2.08. The molecule has 25 heavy (non-hydrogen) atoms. The monoisotopic (exact) mass is 346 g/mol. The van der Waals surface area contributed by atoms with Crippen LogP contribution >= 0.6 is 0 Å². The Morgan fingerprint density at radius 3 is 2.60 bits per heavy atom. The Morgan fingerprint density at radius 1 is 1.16 bits per heavy atom. The summed E-state index contributed by atoms with van der Waals surface area (Å²) >= 11 is 0. The number of ether oxygens (including phenoxy) is 2. The third-order valence-electron chi connectivity index (χ3n) is 5.34. The van der Waals surface area contributed by atoms with E-state index in [1.54, 1.807) is 7.11 Å². The molecule has 2 aliphatic heterocycles. The first-order valence-electron chi connectivity index (χ1n) is 8.85. The van der Waals surface area contributed by atoms with Crippen molar-refractivity contribution in [2.75, 3.05) is 33.9 Å². The van der Waals surface area contributed by atoms with Crippen LogP contribution in [0.2, 0.25) is 0 Å². The van der Waals surface area contributed by atoms with Crippen LogP contribution in [0.3, 0.4) is 0 Å². The Balaban J connectivity index is 1.72. The molecule has 136 valence electrons. The zero-order valence-corrected chi connectivity index (χ0v) is 14.9. The first-order chi connectivity index (χ1) is 12.1. The van der Waals surface area contributed by atoms with Gasteiger partial charge < -0.3 is 19.7 Å². The van der Waals surface area contributed by atoms with Gasteiger partial charge in [-0.2, -0.15) is 0 Å². The maximum Gasteiger partial charge on any atom is 0.305 e. The third-order valence-corrected chi connectivity index (χ3v) is 5.34. The highest BCUT2D eigenvalue weighted by Gasteiger charge is 2.46. The number of methoxy groups -OCH3 is 2. The van der Waals surface area contributed by atoms with Crippen LogP contribution in [0.15, 0.2) is 24.3 Å². The van der Waals surface area contributed by atoms with Crippen LogP contribution in [0.25, 0.3) is 0 Å². The molecule has 0 radical (unpaired) electrons. The van der Waals surface area contributed by atoms with E-state index in [9.17, 15) is 9.59 Å². The number of amides is 1. The van der Waals surface area contributed by atoms with Gasteiger partial charge in [0.25, 0.3) is 0 Å². The van der Waals surface area contributed by atoms with E-state index in [-0.39, 0.29) is 24.3 Å². The van der Waals surface area contributed by atoms with Crippen molar-refractivity contribution < 1.29 is 19.1 Å². The molecule has 0 aliphatic carbocycles. The standard InChI is InChI=1S/C19H26N2O4/c1-24-15-8-6-13(7-9-15)19-16-11-20-10-14(16)12-21(19)17(22)4-3-5-18(23)25-2/h6-9,14,16,19-20H,3-5,10-12H2,1-2H3/t14-,16-,19-/m0/s1. The van der Waals surface area contributed by atoms with Gasteiger partial charge in [0, 0.05) is 38.4 Å². The minimum atomic E-state index is -0.262. The van der Waals surface area contributed by atoms with Crippen LogP contribution in [0.1, 0.15) is 30.9 Å². The van der Waals surface area contributed by atoms with E-state index < -0.39 is 0 Å². The van der Waals surface area contributed by atoms with Gasteiger partial charge in [-0.05, 0) is 30.0 Å². The van der Waals surface area contributed by atoms with Crippen LogP contribution in [0, 0.1) is 11.8 Å². The molecule has 3 rings (SSSR count). The molecule has 1 N–H and O–H groups in total. The molecule has 6 nitrogen and oxygen atoms in total. The summed E-state index contributed by atoms with van der Waals surface area (Å²) in [6.07, 6.45) is 1.21. The number of esters is 1. The van der Waals surface area contributed by atoms with Gasteiger partial charge in [-0.15, -0.1) is 0 Å². The van der Waals surface area contributed by atoms with Crippen molar-refractivity contribution in [1.29, 1.82) is 0 Å². The van der Waals surface area contributed by atoms with E-state index in [1.807, 2.05) is 17.0 Å². The number of carbonyl (C=O) groups excluding carboxylic acids is 2. The molecule has 2 fully saturated rings. The molecular formula is C19H26N2O4. The lowest BCUT2D eigenvalue weighted by Crippen LogP contribution is -2.34. The summed E-state index contributed by atoms with van der Waals surface area (Å²) in [6, 6.07) is 8.10. The zero-order valence-electron chi connectivity index (χ0n) is 14.9. The number of likely N-dealkylation sites (tertiary alicyclic amines) is 1. The second-order valence-electron chi connectivity index (χ2n) is 6.78. The van der Waals surface area contributed by atoms with E-state index in [0.29, 0.717) is 24.7 Å². The second-order valence-corrected chi connectivity index (χ2v) is 6.78. The van der Waals surface area contributed by atoms with Crippen molar-refractivity contribution >= 4 is 11.9 Å². The Bertz CT molecular complexity index is 616. The van der Waals surface area contributed by atoms with Gasteiger partial charge in [0.2, 0.25) is 5.91 Å². The lowest BCUT2D eigenvalue weighted by Gasteiger charge is -2.28. The second kappa shape index (κ2) is 7.87. The average molecular weight is 346 g/mol. The van der Waals surface area contributed by atoms with E-state index in [0.717, 1.165) is 30.9 Å². The predicted octanol–water partition coefficient (Wildman–Crippen LogP) is 1.76. The number of rotatable bonds is 6. The van der Waals surface area contributed by atoms with Crippen LogP contribution in [-0.4, -0.2) is 50.6 Å². The number of nitrogens with zero attached hydrogens (tertiary/aromatic N) is 1. The van der Waals surface area contributed by atoms with Crippen molar-refractivity contribution in [1.82, 2.24) is 10.2 Å². The van der Waals surface area contributed by atoms with E-state index in [1.165, 1.54) is 7.11 Å². The summed E-state index contributed by atoms with van der Waals surface area (Å²) in [4.78, 5) is 26.0. The molecule has 0 unspecified atom stereocenters. The van der Waals surface area contributed by atoms with Gasteiger partial charge in [-0.3, -0.25) is 9.59 Å². The first kappa shape index (κ1) is 17.7. The van der Waals surface area contributed by atoms with E-state index >= 15 is 0 Å². The number of hydrogen-bond acceptors (Lipinski definition) is 5. The number of nitrogens with one attached hydrogen (secondary N) is 1. The van der Waals surface area contributed by atoms with Crippen LogP contribution in [0.5, 0.6) is 5.75 Å². The number of benzene rings is 1. The summed E-state index contributed by atoms with van der Waals surface area (Å²) in [6.45, 7) is 2.68. The fraction of sp³-hybridized carbons (Fsp3) is 0.579. The summed E-state index contributed by atoms with van der Waals surface area (Å²) in [5.74, 6) is 1.62. The lowest BCUT2D eigenvalue weighted by atomic mass is 9.89. The van der Waals surface area contributed by atoms with E-state index in [4.69, 9.17) is 4.74 Å². The van der Waals surface area contributed by atoms with Crippen molar-refractivity contribution in [2.45, 2.75) is 25.3 Å². The van der Waals surface area contributed by atoms with Crippen LogP contribution < -0.4 is 10.1 Å². The zero-order chi connectivity index (χ0) is 17.8. The minimum Gasteiger partial charge on any atom is -0.497 e. The smallest absolute Gasteiger partial charge is 0.305 e. The summed E-state index contributed by atoms with van der Waals surface area (Å²) in [7, 11) is 3.02. The normalized spacial score (nSPS) is 24.9. The minimum absolute atomic E-state index is 0.0940. The molecule has 0 saturated carbocycles. The average Bonchev–Trinajstić information content (AvgIpc) is 3.22. The van der Waals surface area contributed by atoms with Crippen LogP contribution in [0.4, 0.5) is 0 Å². The summed E-state index contributed by atoms with van der Waals surface area (Å²) in [5.41, 5.74) is 1.15. The lowest BCUT2D eigenvalue weighted by molar-refractivity contribution is -0.141. The van der Waals surface area contributed by atoms with Crippen LogP contribution in [-0.2, 0) is 14.3 Å². The molecule has 2 heterocycles. The highest BCUT2D eigenvalue weighted by Crippen LogP contribution is 2.43. The van der Waals surface area contributed by atoms with Gasteiger partial charge in [0.1, 0.15) is 5.75 Å². The molecule has 1 aromatic carbocycles. The Kier molecular flexibility index (Phi) is 5.58. The van der Waals surface area contributed by atoms with Gasteiger partial charge in [0.05, 0.1) is 20.3 Å². The maximum absolute atomic E-state index is 12.8. The molecule has 3 atom stereocenters. The first-order valence-corrected chi connectivity index (χ1v) is 8.85.